The topological polar surface area (TPSA) is 64.5 Å². The third kappa shape index (κ3) is 5.64. The molecule has 4 heterocycles. The van der Waals surface area contributed by atoms with Crippen molar-refractivity contribution in [3.05, 3.63) is 188 Å². The van der Waals surface area contributed by atoms with Crippen LogP contribution in [0, 0.1) is 0 Å². The van der Waals surface area contributed by atoms with Gasteiger partial charge >= 0.3 is 0 Å². The fourth-order valence-electron chi connectivity index (χ4n) is 8.46. The van der Waals surface area contributed by atoms with Gasteiger partial charge in [-0.25, -0.2) is 19.9 Å². The highest BCUT2D eigenvalue weighted by Crippen LogP contribution is 2.41. The van der Waals surface area contributed by atoms with E-state index in [2.05, 4.69) is 181 Å². The summed E-state index contributed by atoms with van der Waals surface area (Å²) >= 11 is 1.78. The number of thiophene rings is 1. The van der Waals surface area contributed by atoms with Crippen LogP contribution in [-0.2, 0) is 0 Å². The van der Waals surface area contributed by atoms with Crippen molar-refractivity contribution in [3.8, 4) is 56.5 Å². The molecule has 0 atom stereocenters. The Kier molecular flexibility index (Phi) is 7.64. The molecule has 5 nitrogen and oxygen atoms in total. The van der Waals surface area contributed by atoms with Crippen molar-refractivity contribution in [3.63, 3.8) is 0 Å². The van der Waals surface area contributed by atoms with Crippen LogP contribution >= 0.6 is 11.3 Å². The Morgan fingerprint density at radius 3 is 1.81 bits per heavy atom. The van der Waals surface area contributed by atoms with E-state index in [0.717, 1.165) is 71.3 Å². The summed E-state index contributed by atoms with van der Waals surface area (Å²) in [5, 5.41) is 9.04. The summed E-state index contributed by atoms with van der Waals surface area (Å²) in [6.07, 6.45) is 1.83. The van der Waals surface area contributed by atoms with Gasteiger partial charge in [0.25, 0.3) is 0 Å². The summed E-state index contributed by atoms with van der Waals surface area (Å²) in [5.74, 6) is 1.91. The number of fused-ring (bicyclic) bond motifs is 8. The van der Waals surface area contributed by atoms with E-state index in [9.17, 15) is 0 Å². The van der Waals surface area contributed by atoms with Gasteiger partial charge in [0, 0.05) is 59.4 Å². The van der Waals surface area contributed by atoms with Gasteiger partial charge in [0.2, 0.25) is 0 Å². The molecule has 8 aromatic carbocycles. The summed E-state index contributed by atoms with van der Waals surface area (Å²) in [6.45, 7) is 0. The van der Waals surface area contributed by atoms with Gasteiger partial charge in [-0.3, -0.25) is 4.98 Å². The quantitative estimate of drug-likeness (QED) is 0.163. The standard InChI is InChI=1S/C53H31N5S/c1-2-10-32(11-3-1)39-26-27-44(41-14-5-4-13-40(39)41)52-56-51(57-53(58-52)45-17-8-16-43-42-15-6-7-18-47(42)59-50(43)45)38-24-22-35-30-37(23-21-36(35)31-38)46-28-25-34-20-19-33-12-9-29-54-48(33)49(34)55-46/h1-31H. The Morgan fingerprint density at radius 1 is 0.339 bits per heavy atom. The largest absolute Gasteiger partial charge is 0.254 e. The fourth-order valence-corrected chi connectivity index (χ4v) is 9.67. The van der Waals surface area contributed by atoms with Crippen LogP contribution < -0.4 is 0 Å². The number of nitrogens with zero attached hydrogens (tertiary/aromatic N) is 5. The van der Waals surface area contributed by atoms with Gasteiger partial charge in [-0.2, -0.15) is 0 Å². The maximum absolute atomic E-state index is 5.29. The number of aromatic nitrogens is 5. The summed E-state index contributed by atoms with van der Waals surface area (Å²) in [7, 11) is 0. The van der Waals surface area contributed by atoms with E-state index in [0.29, 0.717) is 17.5 Å². The predicted octanol–water partition coefficient (Wildman–Crippen LogP) is 14.0. The first-order chi connectivity index (χ1) is 29.2. The summed E-state index contributed by atoms with van der Waals surface area (Å²) in [6, 6.07) is 63.9. The molecule has 12 aromatic rings. The van der Waals surface area contributed by atoms with Gasteiger partial charge in [0.05, 0.1) is 16.7 Å². The van der Waals surface area contributed by atoms with Crippen molar-refractivity contribution >= 4 is 74.9 Å². The Labute approximate surface area is 343 Å². The molecule has 0 amide bonds. The van der Waals surface area contributed by atoms with Crippen LogP contribution in [0.5, 0.6) is 0 Å². The van der Waals surface area contributed by atoms with Crippen LogP contribution in [0.25, 0.3) is 120 Å². The van der Waals surface area contributed by atoms with Gasteiger partial charge in [-0.15, -0.1) is 11.3 Å². The first-order valence-electron chi connectivity index (χ1n) is 19.7. The minimum Gasteiger partial charge on any atom is -0.254 e. The monoisotopic (exact) mass is 769 g/mol. The number of rotatable bonds is 5. The average molecular weight is 770 g/mol. The third-order valence-corrected chi connectivity index (χ3v) is 12.6. The molecule has 0 aliphatic heterocycles. The molecule has 0 radical (unpaired) electrons. The van der Waals surface area contributed by atoms with E-state index in [1.807, 2.05) is 12.3 Å². The molecular formula is C53H31N5S. The highest BCUT2D eigenvalue weighted by atomic mass is 32.1. The van der Waals surface area contributed by atoms with E-state index in [1.165, 1.54) is 31.3 Å². The van der Waals surface area contributed by atoms with E-state index in [-0.39, 0.29) is 0 Å². The molecule has 0 spiro atoms. The van der Waals surface area contributed by atoms with Gasteiger partial charge in [-0.1, -0.05) is 140 Å². The zero-order valence-electron chi connectivity index (χ0n) is 31.5. The lowest BCUT2D eigenvalue weighted by Gasteiger charge is -2.13. The Bertz CT molecular complexity index is 3630. The van der Waals surface area contributed by atoms with Crippen molar-refractivity contribution in [2.24, 2.45) is 0 Å². The lowest BCUT2D eigenvalue weighted by atomic mass is 9.94. The SMILES string of the molecule is c1ccc(-c2ccc(-c3nc(-c4ccc5cc(-c6ccc7ccc8cccnc8c7n6)ccc5c4)nc(-c4cccc5c4sc4ccccc45)n3)c3ccccc23)cc1. The third-order valence-electron chi connectivity index (χ3n) is 11.4. The Balaban J connectivity index is 1.02. The van der Waals surface area contributed by atoms with Gasteiger partial charge in [0.15, 0.2) is 17.5 Å². The maximum atomic E-state index is 5.29. The summed E-state index contributed by atoms with van der Waals surface area (Å²) < 4.78 is 2.41. The molecule has 274 valence electrons. The fraction of sp³-hybridized carbons (Fsp3) is 0. The zero-order chi connectivity index (χ0) is 38.9. The second-order valence-corrected chi connectivity index (χ2v) is 15.9. The van der Waals surface area contributed by atoms with E-state index >= 15 is 0 Å². The molecule has 0 saturated carbocycles. The summed E-state index contributed by atoms with van der Waals surface area (Å²) in [5.41, 5.74) is 9.01. The van der Waals surface area contributed by atoms with Crippen LogP contribution in [0.4, 0.5) is 0 Å². The van der Waals surface area contributed by atoms with Crippen molar-refractivity contribution < 1.29 is 0 Å². The lowest BCUT2D eigenvalue weighted by Crippen LogP contribution is -2.01. The molecule has 59 heavy (non-hydrogen) atoms. The highest BCUT2D eigenvalue weighted by molar-refractivity contribution is 7.26. The molecule has 0 N–H and O–H groups in total. The van der Waals surface area contributed by atoms with Gasteiger partial charge < -0.3 is 0 Å². The molecule has 12 rings (SSSR count). The average Bonchev–Trinajstić information content (AvgIpc) is 3.70. The first kappa shape index (κ1) is 33.5. The smallest absolute Gasteiger partial charge is 0.165 e. The number of benzene rings is 8. The molecule has 4 aromatic heterocycles. The molecule has 0 unspecified atom stereocenters. The second kappa shape index (κ2) is 13.5. The Morgan fingerprint density at radius 2 is 0.966 bits per heavy atom. The molecule has 0 fully saturated rings. The lowest BCUT2D eigenvalue weighted by molar-refractivity contribution is 1.08. The minimum atomic E-state index is 0.626. The number of hydrogen-bond acceptors (Lipinski definition) is 6. The second-order valence-electron chi connectivity index (χ2n) is 14.8. The maximum Gasteiger partial charge on any atom is 0.165 e. The minimum absolute atomic E-state index is 0.626. The summed E-state index contributed by atoms with van der Waals surface area (Å²) in [4.78, 5) is 25.6. The molecule has 0 bridgehead atoms. The normalized spacial score (nSPS) is 11.7. The van der Waals surface area contributed by atoms with E-state index < -0.39 is 0 Å². The van der Waals surface area contributed by atoms with Crippen LogP contribution in [0.1, 0.15) is 0 Å². The molecule has 0 aliphatic rings. The van der Waals surface area contributed by atoms with Crippen molar-refractivity contribution in [1.82, 2.24) is 24.9 Å². The van der Waals surface area contributed by atoms with Crippen LogP contribution in [0.2, 0.25) is 0 Å². The molecule has 0 aliphatic carbocycles. The number of pyridine rings is 2. The predicted molar refractivity (Wildman–Crippen MR) is 246 cm³/mol. The first-order valence-corrected chi connectivity index (χ1v) is 20.5. The molecule has 6 heteroatoms. The van der Waals surface area contributed by atoms with Crippen molar-refractivity contribution in [2.75, 3.05) is 0 Å². The molecule has 0 saturated heterocycles. The van der Waals surface area contributed by atoms with Crippen LogP contribution in [0.15, 0.2) is 188 Å². The molecular weight excluding hydrogens is 739 g/mol. The van der Waals surface area contributed by atoms with Crippen LogP contribution in [-0.4, -0.2) is 24.9 Å². The van der Waals surface area contributed by atoms with Crippen molar-refractivity contribution in [2.45, 2.75) is 0 Å². The Hall–Kier alpha value is -7.67. The number of hydrogen-bond donors (Lipinski definition) is 0. The van der Waals surface area contributed by atoms with E-state index in [4.69, 9.17) is 19.9 Å². The highest BCUT2D eigenvalue weighted by Gasteiger charge is 2.19. The van der Waals surface area contributed by atoms with E-state index in [1.54, 1.807) is 11.3 Å². The van der Waals surface area contributed by atoms with Gasteiger partial charge in [-0.05, 0) is 75.1 Å². The zero-order valence-corrected chi connectivity index (χ0v) is 32.4. The van der Waals surface area contributed by atoms with Crippen molar-refractivity contribution in [1.29, 1.82) is 0 Å². The van der Waals surface area contributed by atoms with Gasteiger partial charge in [0.1, 0.15) is 0 Å². The van der Waals surface area contributed by atoms with Crippen LogP contribution in [0.3, 0.4) is 0 Å².